The van der Waals surface area contributed by atoms with Crippen molar-refractivity contribution in [2.24, 2.45) is 5.14 Å². The van der Waals surface area contributed by atoms with E-state index in [2.05, 4.69) is 10.4 Å². The summed E-state index contributed by atoms with van der Waals surface area (Å²) in [5, 5.41) is 13.4. The molecular weight excluding hydrogens is 358 g/mol. The van der Waals surface area contributed by atoms with Crippen LogP contribution in [0.5, 0.6) is 0 Å². The molecule has 0 aliphatic rings. The number of nitrogens with zero attached hydrogens (tertiary/aromatic N) is 2. The van der Waals surface area contributed by atoms with E-state index < -0.39 is 0 Å². The molecule has 0 bridgehead atoms. The van der Waals surface area contributed by atoms with Crippen LogP contribution in [0.25, 0.3) is 5.69 Å². The van der Waals surface area contributed by atoms with Gasteiger partial charge in [-0.1, -0.05) is 29.8 Å². The molecule has 3 aromatic rings. The number of halogens is 1. The fraction of sp³-hybridized carbons (Fsp3) is 0.0588. The van der Waals surface area contributed by atoms with E-state index in [9.17, 15) is 4.79 Å². The van der Waals surface area contributed by atoms with Crippen LogP contribution in [0, 0.1) is 0 Å². The third-order valence-corrected chi connectivity index (χ3v) is 4.48. The summed E-state index contributed by atoms with van der Waals surface area (Å²) in [5.74, 6) is -0.155. The SMILES string of the molecule is NSc1cc(NC(=O)Cc2ccccc2Cl)ccc1-n1cc(N)cn1. The lowest BCUT2D eigenvalue weighted by Crippen LogP contribution is -2.15. The van der Waals surface area contributed by atoms with Crippen LogP contribution >= 0.6 is 23.5 Å². The van der Waals surface area contributed by atoms with Crippen LogP contribution in [0.4, 0.5) is 11.4 Å². The Morgan fingerprint density at radius 3 is 2.76 bits per heavy atom. The molecule has 3 rings (SSSR count). The zero-order valence-corrected chi connectivity index (χ0v) is 14.7. The number of carbonyl (C=O) groups excluding carboxylic acids is 1. The van der Waals surface area contributed by atoms with Crippen molar-refractivity contribution in [3.63, 3.8) is 0 Å². The molecule has 6 nitrogen and oxygen atoms in total. The molecule has 0 saturated carbocycles. The van der Waals surface area contributed by atoms with Gasteiger partial charge >= 0.3 is 0 Å². The van der Waals surface area contributed by atoms with E-state index in [1.54, 1.807) is 35.3 Å². The van der Waals surface area contributed by atoms with Crippen molar-refractivity contribution in [2.45, 2.75) is 11.3 Å². The van der Waals surface area contributed by atoms with Gasteiger partial charge in [-0.2, -0.15) is 5.10 Å². The molecule has 0 atom stereocenters. The Labute approximate surface area is 154 Å². The third-order valence-electron chi connectivity index (χ3n) is 3.53. The first-order valence-corrected chi connectivity index (χ1v) is 8.67. The second-order valence-electron chi connectivity index (χ2n) is 5.33. The standard InChI is InChI=1S/C17H16ClN5OS/c18-14-4-2-1-3-11(14)7-17(24)22-13-5-6-15(16(8-13)25-20)23-10-12(19)9-21-23/h1-6,8-10H,7,19-20H2,(H,22,24). The average Bonchev–Trinajstić information content (AvgIpc) is 3.03. The topological polar surface area (TPSA) is 99.0 Å². The van der Waals surface area contributed by atoms with Crippen molar-refractivity contribution in [2.75, 3.05) is 11.1 Å². The van der Waals surface area contributed by atoms with Gasteiger partial charge in [0.15, 0.2) is 0 Å². The summed E-state index contributed by atoms with van der Waals surface area (Å²) in [6.45, 7) is 0. The van der Waals surface area contributed by atoms with E-state index in [1.165, 1.54) is 0 Å². The monoisotopic (exact) mass is 373 g/mol. The summed E-state index contributed by atoms with van der Waals surface area (Å²) < 4.78 is 1.64. The number of aromatic nitrogens is 2. The van der Waals surface area contributed by atoms with Crippen molar-refractivity contribution >= 4 is 40.8 Å². The predicted molar refractivity (Wildman–Crippen MR) is 102 cm³/mol. The minimum Gasteiger partial charge on any atom is -0.396 e. The van der Waals surface area contributed by atoms with Crippen molar-refractivity contribution in [1.29, 1.82) is 0 Å². The Hall–Kier alpha value is -2.48. The highest BCUT2D eigenvalue weighted by Crippen LogP contribution is 2.26. The molecule has 128 valence electrons. The molecule has 0 aliphatic heterocycles. The Balaban J connectivity index is 1.77. The maximum Gasteiger partial charge on any atom is 0.228 e. The van der Waals surface area contributed by atoms with Gasteiger partial charge in [-0.25, -0.2) is 4.68 Å². The van der Waals surface area contributed by atoms with Crippen molar-refractivity contribution in [3.8, 4) is 5.69 Å². The average molecular weight is 374 g/mol. The molecule has 0 unspecified atom stereocenters. The predicted octanol–water partition coefficient (Wildman–Crippen LogP) is 3.25. The Kier molecular flexibility index (Phi) is 5.28. The molecule has 5 N–H and O–H groups in total. The van der Waals surface area contributed by atoms with Crippen LogP contribution in [-0.4, -0.2) is 15.7 Å². The van der Waals surface area contributed by atoms with Crippen LogP contribution in [0.3, 0.4) is 0 Å². The molecule has 0 saturated heterocycles. The highest BCUT2D eigenvalue weighted by molar-refractivity contribution is 7.97. The van der Waals surface area contributed by atoms with E-state index in [0.717, 1.165) is 28.1 Å². The van der Waals surface area contributed by atoms with E-state index >= 15 is 0 Å². The number of hydrogen-bond donors (Lipinski definition) is 3. The number of nitrogens with two attached hydrogens (primary N) is 2. The number of amides is 1. The van der Waals surface area contributed by atoms with Crippen molar-refractivity contribution in [3.05, 3.63) is 65.4 Å². The lowest BCUT2D eigenvalue weighted by atomic mass is 10.1. The molecule has 1 aromatic heterocycles. The Morgan fingerprint density at radius 1 is 1.28 bits per heavy atom. The van der Waals surface area contributed by atoms with Gasteiger partial charge in [0.1, 0.15) is 0 Å². The normalized spacial score (nSPS) is 10.6. The summed E-state index contributed by atoms with van der Waals surface area (Å²) in [7, 11) is 0. The van der Waals surface area contributed by atoms with E-state index in [4.69, 9.17) is 22.5 Å². The van der Waals surface area contributed by atoms with Gasteiger partial charge in [-0.3, -0.25) is 9.93 Å². The third kappa shape index (κ3) is 4.14. The second kappa shape index (κ2) is 7.60. The number of benzene rings is 2. The number of anilines is 2. The molecule has 25 heavy (non-hydrogen) atoms. The van der Waals surface area contributed by atoms with Crippen molar-refractivity contribution < 1.29 is 4.79 Å². The quantitative estimate of drug-likeness (QED) is 0.596. The summed E-state index contributed by atoms with van der Waals surface area (Å²) >= 11 is 7.16. The second-order valence-corrected chi connectivity index (χ2v) is 6.42. The smallest absolute Gasteiger partial charge is 0.228 e. The maximum atomic E-state index is 12.3. The minimum atomic E-state index is -0.155. The fourth-order valence-electron chi connectivity index (χ4n) is 2.36. The largest absolute Gasteiger partial charge is 0.396 e. The van der Waals surface area contributed by atoms with Crippen molar-refractivity contribution in [1.82, 2.24) is 9.78 Å². The fourth-order valence-corrected chi connectivity index (χ4v) is 3.04. The number of carbonyl (C=O) groups is 1. The first-order valence-electron chi connectivity index (χ1n) is 7.41. The number of nitrogen functional groups attached to an aromatic ring is 1. The highest BCUT2D eigenvalue weighted by Gasteiger charge is 2.10. The van der Waals surface area contributed by atoms with E-state index in [-0.39, 0.29) is 12.3 Å². The van der Waals surface area contributed by atoms with Crippen LogP contribution in [-0.2, 0) is 11.2 Å². The van der Waals surface area contributed by atoms with E-state index in [0.29, 0.717) is 16.4 Å². The minimum absolute atomic E-state index is 0.155. The van der Waals surface area contributed by atoms with Gasteiger partial charge in [0.2, 0.25) is 5.91 Å². The summed E-state index contributed by atoms with van der Waals surface area (Å²) in [5.41, 5.74) is 8.47. The van der Waals surface area contributed by atoms with Crippen LogP contribution in [0.2, 0.25) is 5.02 Å². The van der Waals surface area contributed by atoms with Gasteiger partial charge in [-0.05, 0) is 41.8 Å². The van der Waals surface area contributed by atoms with Gasteiger partial charge in [0.05, 0.1) is 35.1 Å². The van der Waals surface area contributed by atoms with E-state index in [1.807, 2.05) is 24.3 Å². The molecule has 0 aliphatic carbocycles. The number of hydrogen-bond acceptors (Lipinski definition) is 5. The van der Waals surface area contributed by atoms with Gasteiger partial charge in [-0.15, -0.1) is 0 Å². The molecule has 2 aromatic carbocycles. The molecular formula is C17H16ClN5OS. The lowest BCUT2D eigenvalue weighted by molar-refractivity contribution is -0.115. The summed E-state index contributed by atoms with van der Waals surface area (Å²) in [6, 6.07) is 12.7. The molecule has 1 amide bonds. The van der Waals surface area contributed by atoms with Gasteiger partial charge in [0.25, 0.3) is 0 Å². The first kappa shape index (κ1) is 17.3. The maximum absolute atomic E-state index is 12.3. The van der Waals surface area contributed by atoms with Crippen LogP contribution in [0.1, 0.15) is 5.56 Å². The molecule has 0 fully saturated rings. The molecule has 8 heteroatoms. The van der Waals surface area contributed by atoms with Crippen LogP contribution in [0.15, 0.2) is 59.8 Å². The number of nitrogens with one attached hydrogen (secondary N) is 1. The van der Waals surface area contributed by atoms with Crippen LogP contribution < -0.4 is 16.2 Å². The zero-order chi connectivity index (χ0) is 17.8. The zero-order valence-electron chi connectivity index (χ0n) is 13.1. The number of rotatable bonds is 5. The van der Waals surface area contributed by atoms with Gasteiger partial charge < -0.3 is 11.1 Å². The Morgan fingerprint density at radius 2 is 2.08 bits per heavy atom. The lowest BCUT2D eigenvalue weighted by Gasteiger charge is -2.11. The molecule has 1 heterocycles. The summed E-state index contributed by atoms with van der Waals surface area (Å²) in [4.78, 5) is 13.0. The highest BCUT2D eigenvalue weighted by atomic mass is 35.5. The molecule has 0 radical (unpaired) electrons. The molecule has 0 spiro atoms. The summed E-state index contributed by atoms with van der Waals surface area (Å²) in [6.07, 6.45) is 3.46. The first-order chi connectivity index (χ1) is 12.1. The van der Waals surface area contributed by atoms with Gasteiger partial charge in [0, 0.05) is 10.7 Å². The Bertz CT molecular complexity index is 912.